The Morgan fingerprint density at radius 1 is 1.13 bits per heavy atom. The summed E-state index contributed by atoms with van der Waals surface area (Å²) in [5.41, 5.74) is 9.23. The van der Waals surface area contributed by atoms with Gasteiger partial charge in [-0.05, 0) is 50.1 Å². The first-order valence-electron chi connectivity index (χ1n) is 10.0. The standard InChI is InChI=1S/C24H24N4O3/c1-14-9-10-15(2)18(13-14)26-23(29)16(3)28-22-19(11-12-20(25)27-22)31-21(24(28)30)17-7-5-4-6-8-17/h4-13,16,21H,1-3H3,(H2,25,27)(H,26,29). The molecule has 2 amide bonds. The van der Waals surface area contributed by atoms with E-state index in [9.17, 15) is 9.59 Å². The largest absolute Gasteiger partial charge is 0.472 e. The quantitative estimate of drug-likeness (QED) is 0.675. The highest BCUT2D eigenvalue weighted by molar-refractivity contribution is 6.07. The molecule has 7 nitrogen and oxygen atoms in total. The van der Waals surface area contributed by atoms with Gasteiger partial charge in [0.2, 0.25) is 12.0 Å². The van der Waals surface area contributed by atoms with Crippen LogP contribution in [-0.2, 0) is 9.59 Å². The Balaban J connectivity index is 1.70. The van der Waals surface area contributed by atoms with Gasteiger partial charge in [-0.25, -0.2) is 4.98 Å². The van der Waals surface area contributed by atoms with E-state index >= 15 is 0 Å². The van der Waals surface area contributed by atoms with Gasteiger partial charge in [0, 0.05) is 11.3 Å². The van der Waals surface area contributed by atoms with Crippen LogP contribution in [-0.4, -0.2) is 22.8 Å². The highest BCUT2D eigenvalue weighted by atomic mass is 16.5. The highest BCUT2D eigenvalue weighted by Gasteiger charge is 2.41. The Labute approximate surface area is 180 Å². The number of benzene rings is 2. The third-order valence-corrected chi connectivity index (χ3v) is 5.32. The minimum absolute atomic E-state index is 0.237. The lowest BCUT2D eigenvalue weighted by atomic mass is 10.0. The monoisotopic (exact) mass is 416 g/mol. The summed E-state index contributed by atoms with van der Waals surface area (Å²) in [4.78, 5) is 32.3. The lowest BCUT2D eigenvalue weighted by Gasteiger charge is -2.36. The van der Waals surface area contributed by atoms with E-state index in [1.54, 1.807) is 19.1 Å². The number of nitrogens with two attached hydrogens (primary N) is 1. The van der Waals surface area contributed by atoms with E-state index in [4.69, 9.17) is 10.5 Å². The van der Waals surface area contributed by atoms with E-state index in [0.717, 1.165) is 11.1 Å². The SMILES string of the molecule is Cc1ccc(C)c(NC(=O)C(C)N2C(=O)C(c3ccccc3)Oc3ccc(N)nc32)c1. The van der Waals surface area contributed by atoms with Gasteiger partial charge in [0.1, 0.15) is 11.9 Å². The first-order chi connectivity index (χ1) is 14.8. The summed E-state index contributed by atoms with van der Waals surface area (Å²) in [7, 11) is 0. The van der Waals surface area contributed by atoms with Gasteiger partial charge in [0.25, 0.3) is 5.91 Å². The zero-order valence-electron chi connectivity index (χ0n) is 17.6. The lowest BCUT2D eigenvalue weighted by molar-refractivity contribution is -0.129. The summed E-state index contributed by atoms with van der Waals surface area (Å²) in [6.45, 7) is 5.54. The highest BCUT2D eigenvalue weighted by Crippen LogP contribution is 2.39. The molecule has 0 fully saturated rings. The van der Waals surface area contributed by atoms with Crippen molar-refractivity contribution < 1.29 is 14.3 Å². The van der Waals surface area contributed by atoms with Crippen molar-refractivity contribution in [3.8, 4) is 5.75 Å². The van der Waals surface area contributed by atoms with Crippen molar-refractivity contribution in [2.45, 2.75) is 32.9 Å². The number of nitrogens with zero attached hydrogens (tertiary/aromatic N) is 2. The second-order valence-corrected chi connectivity index (χ2v) is 7.66. The van der Waals surface area contributed by atoms with Crippen molar-refractivity contribution in [3.05, 3.63) is 77.4 Å². The number of fused-ring (bicyclic) bond motifs is 1. The van der Waals surface area contributed by atoms with Crippen LogP contribution in [0.15, 0.2) is 60.7 Å². The van der Waals surface area contributed by atoms with Gasteiger partial charge in [0.05, 0.1) is 0 Å². The number of carbonyl (C=O) groups excluding carboxylic acids is 2. The summed E-state index contributed by atoms with van der Waals surface area (Å²) >= 11 is 0. The summed E-state index contributed by atoms with van der Waals surface area (Å²) in [6, 6.07) is 17.4. The minimum Gasteiger partial charge on any atom is -0.472 e. The van der Waals surface area contributed by atoms with E-state index in [-0.39, 0.29) is 23.5 Å². The van der Waals surface area contributed by atoms with Crippen LogP contribution in [0.4, 0.5) is 17.3 Å². The van der Waals surface area contributed by atoms with E-state index in [1.807, 2.05) is 62.4 Å². The molecule has 0 aliphatic carbocycles. The molecule has 2 heterocycles. The fraction of sp³-hybridized carbons (Fsp3) is 0.208. The molecular formula is C24H24N4O3. The lowest BCUT2D eigenvalue weighted by Crippen LogP contribution is -2.51. The first kappa shape index (κ1) is 20.4. The van der Waals surface area contributed by atoms with Gasteiger partial charge in [-0.1, -0.05) is 42.5 Å². The molecule has 31 heavy (non-hydrogen) atoms. The second kappa shape index (κ2) is 8.10. The average molecular weight is 416 g/mol. The van der Waals surface area contributed by atoms with Crippen LogP contribution in [0.5, 0.6) is 5.75 Å². The van der Waals surface area contributed by atoms with Gasteiger partial charge in [0.15, 0.2) is 11.6 Å². The number of aryl methyl sites for hydroxylation is 2. The number of amides is 2. The van der Waals surface area contributed by atoms with Crippen LogP contribution < -0.4 is 20.7 Å². The number of aromatic nitrogens is 1. The molecule has 0 spiro atoms. The third kappa shape index (κ3) is 3.94. The Hall–Kier alpha value is -3.87. The Morgan fingerprint density at radius 3 is 2.61 bits per heavy atom. The fourth-order valence-electron chi connectivity index (χ4n) is 3.56. The predicted molar refractivity (Wildman–Crippen MR) is 120 cm³/mol. The van der Waals surface area contributed by atoms with Gasteiger partial charge < -0.3 is 15.8 Å². The van der Waals surface area contributed by atoms with Crippen molar-refractivity contribution in [3.63, 3.8) is 0 Å². The molecule has 3 aromatic rings. The topological polar surface area (TPSA) is 97.5 Å². The Bertz CT molecular complexity index is 1150. The molecule has 1 aromatic heterocycles. The smallest absolute Gasteiger partial charge is 0.274 e. The van der Waals surface area contributed by atoms with Gasteiger partial charge in [-0.2, -0.15) is 0 Å². The molecule has 158 valence electrons. The summed E-state index contributed by atoms with van der Waals surface area (Å²) in [5.74, 6) is 0.168. The van der Waals surface area contributed by atoms with E-state index in [2.05, 4.69) is 10.3 Å². The Kier molecular flexibility index (Phi) is 5.33. The summed E-state index contributed by atoms with van der Waals surface area (Å²) < 4.78 is 5.96. The number of hydrogen-bond donors (Lipinski definition) is 2. The van der Waals surface area contributed by atoms with Crippen LogP contribution in [0.25, 0.3) is 0 Å². The number of anilines is 3. The van der Waals surface area contributed by atoms with Crippen LogP contribution in [0.2, 0.25) is 0 Å². The molecule has 2 aromatic carbocycles. The Morgan fingerprint density at radius 2 is 1.87 bits per heavy atom. The number of pyridine rings is 1. The zero-order chi connectivity index (χ0) is 22.1. The number of carbonyl (C=O) groups is 2. The number of hydrogen-bond acceptors (Lipinski definition) is 5. The number of ether oxygens (including phenoxy) is 1. The fourth-order valence-corrected chi connectivity index (χ4v) is 3.56. The van der Waals surface area contributed by atoms with Crippen molar-refractivity contribution in [1.82, 2.24) is 4.98 Å². The predicted octanol–water partition coefficient (Wildman–Crippen LogP) is 3.77. The summed E-state index contributed by atoms with van der Waals surface area (Å²) in [6.07, 6.45) is -0.880. The molecule has 0 saturated carbocycles. The van der Waals surface area contributed by atoms with Crippen LogP contribution in [0.1, 0.15) is 29.7 Å². The van der Waals surface area contributed by atoms with Crippen LogP contribution >= 0.6 is 0 Å². The van der Waals surface area contributed by atoms with E-state index in [1.165, 1.54) is 4.90 Å². The molecule has 1 aliphatic rings. The maximum Gasteiger partial charge on any atom is 0.274 e. The number of nitrogens with one attached hydrogen (secondary N) is 1. The zero-order valence-corrected chi connectivity index (χ0v) is 17.6. The van der Waals surface area contributed by atoms with Crippen molar-refractivity contribution in [1.29, 1.82) is 0 Å². The molecule has 1 aliphatic heterocycles. The van der Waals surface area contributed by atoms with Gasteiger partial charge in [-0.3, -0.25) is 14.5 Å². The molecule has 4 rings (SSSR count). The van der Waals surface area contributed by atoms with Crippen LogP contribution in [0, 0.1) is 13.8 Å². The van der Waals surface area contributed by atoms with E-state index < -0.39 is 12.1 Å². The molecular weight excluding hydrogens is 392 g/mol. The molecule has 0 bridgehead atoms. The van der Waals surface area contributed by atoms with Gasteiger partial charge >= 0.3 is 0 Å². The van der Waals surface area contributed by atoms with Crippen molar-refractivity contribution in [2.24, 2.45) is 0 Å². The second-order valence-electron chi connectivity index (χ2n) is 7.66. The normalized spacial score (nSPS) is 16.3. The molecule has 7 heteroatoms. The maximum atomic E-state index is 13.5. The minimum atomic E-state index is -0.880. The first-order valence-corrected chi connectivity index (χ1v) is 10.0. The molecule has 0 saturated heterocycles. The molecule has 0 radical (unpaired) electrons. The number of rotatable bonds is 4. The molecule has 2 unspecified atom stereocenters. The summed E-state index contributed by atoms with van der Waals surface area (Å²) in [5, 5.41) is 2.94. The average Bonchev–Trinajstić information content (AvgIpc) is 2.76. The third-order valence-electron chi connectivity index (χ3n) is 5.32. The van der Waals surface area contributed by atoms with Crippen molar-refractivity contribution >= 4 is 29.1 Å². The molecule has 2 atom stereocenters. The maximum absolute atomic E-state index is 13.5. The van der Waals surface area contributed by atoms with Crippen LogP contribution in [0.3, 0.4) is 0 Å². The molecule has 3 N–H and O–H groups in total. The number of nitrogen functional groups attached to an aromatic ring is 1. The van der Waals surface area contributed by atoms with Gasteiger partial charge in [-0.15, -0.1) is 0 Å². The van der Waals surface area contributed by atoms with Crippen molar-refractivity contribution in [2.75, 3.05) is 16.0 Å². The van der Waals surface area contributed by atoms with E-state index in [0.29, 0.717) is 17.0 Å².